The highest BCUT2D eigenvalue weighted by molar-refractivity contribution is 6.37. The number of nitrogens with two attached hydrogens (primary N) is 1. The molecular formula is C13H11Cl2NO. The van der Waals surface area contributed by atoms with Crippen LogP contribution in [-0.4, -0.2) is 5.11 Å². The van der Waals surface area contributed by atoms with E-state index in [0.29, 0.717) is 16.6 Å². The number of halogens is 2. The molecule has 0 saturated heterocycles. The second-order valence-corrected chi connectivity index (χ2v) is 4.42. The van der Waals surface area contributed by atoms with Gasteiger partial charge in [0.05, 0.1) is 5.02 Å². The Balaban J connectivity index is 2.56. The van der Waals surface area contributed by atoms with E-state index in [0.717, 1.165) is 16.7 Å². The third kappa shape index (κ3) is 2.39. The fourth-order valence-electron chi connectivity index (χ4n) is 1.65. The van der Waals surface area contributed by atoms with Gasteiger partial charge in [-0.3, -0.25) is 0 Å². The summed E-state index contributed by atoms with van der Waals surface area (Å²) in [7, 11) is 0. The molecule has 0 aliphatic carbocycles. The molecule has 2 aromatic rings. The van der Waals surface area contributed by atoms with E-state index in [9.17, 15) is 5.11 Å². The molecule has 0 aromatic heterocycles. The first kappa shape index (κ1) is 12.2. The Labute approximate surface area is 110 Å². The van der Waals surface area contributed by atoms with E-state index in [-0.39, 0.29) is 5.75 Å². The van der Waals surface area contributed by atoms with E-state index in [1.54, 1.807) is 30.3 Å². The number of hydrogen-bond acceptors (Lipinski definition) is 2. The van der Waals surface area contributed by atoms with Gasteiger partial charge in [0.2, 0.25) is 0 Å². The number of phenolic OH excluding ortho intramolecular Hbond substituents is 1. The zero-order valence-corrected chi connectivity index (χ0v) is 10.5. The maximum atomic E-state index is 9.24. The molecule has 88 valence electrons. The Morgan fingerprint density at radius 2 is 1.65 bits per heavy atom. The zero-order valence-electron chi connectivity index (χ0n) is 8.95. The molecule has 2 aromatic carbocycles. The quantitative estimate of drug-likeness (QED) is 0.869. The largest absolute Gasteiger partial charge is 0.508 e. The van der Waals surface area contributed by atoms with Crippen molar-refractivity contribution >= 4 is 23.2 Å². The summed E-state index contributed by atoms with van der Waals surface area (Å²) in [6.07, 6.45) is 0. The van der Waals surface area contributed by atoms with Crippen molar-refractivity contribution in [1.29, 1.82) is 0 Å². The first-order valence-electron chi connectivity index (χ1n) is 5.10. The Hall–Kier alpha value is -1.22. The minimum Gasteiger partial charge on any atom is -0.508 e. The van der Waals surface area contributed by atoms with Crippen LogP contribution in [0.4, 0.5) is 0 Å². The highest BCUT2D eigenvalue weighted by Gasteiger charge is 2.10. The Bertz CT molecular complexity index is 538. The first-order valence-corrected chi connectivity index (χ1v) is 5.85. The summed E-state index contributed by atoms with van der Waals surface area (Å²) in [5.74, 6) is 0.220. The van der Waals surface area contributed by atoms with Crippen molar-refractivity contribution in [1.82, 2.24) is 0 Å². The van der Waals surface area contributed by atoms with Crippen LogP contribution in [0.1, 0.15) is 5.56 Å². The molecule has 3 N–H and O–H groups in total. The van der Waals surface area contributed by atoms with Gasteiger partial charge in [0.25, 0.3) is 0 Å². The summed E-state index contributed by atoms with van der Waals surface area (Å²) < 4.78 is 0. The van der Waals surface area contributed by atoms with E-state index >= 15 is 0 Å². The highest BCUT2D eigenvalue weighted by atomic mass is 35.5. The molecule has 0 radical (unpaired) electrons. The van der Waals surface area contributed by atoms with Crippen LogP contribution < -0.4 is 5.73 Å². The predicted molar refractivity (Wildman–Crippen MR) is 71.5 cm³/mol. The highest BCUT2D eigenvalue weighted by Crippen LogP contribution is 2.34. The molecule has 2 nitrogen and oxygen atoms in total. The summed E-state index contributed by atoms with van der Waals surface area (Å²) in [5.41, 5.74) is 8.12. The van der Waals surface area contributed by atoms with E-state index < -0.39 is 0 Å². The molecule has 2 rings (SSSR count). The topological polar surface area (TPSA) is 46.2 Å². The van der Waals surface area contributed by atoms with Crippen molar-refractivity contribution in [3.05, 3.63) is 52.0 Å². The molecule has 4 heteroatoms. The zero-order chi connectivity index (χ0) is 12.4. The second kappa shape index (κ2) is 4.96. The number of rotatable bonds is 2. The van der Waals surface area contributed by atoms with Crippen LogP contribution in [0.15, 0.2) is 36.4 Å². The standard InChI is InChI=1S/C13H11Cl2NO/c14-12-6-5-10(13(15)11(12)7-16)8-1-3-9(17)4-2-8/h1-6,17H,7,16H2. The third-order valence-electron chi connectivity index (χ3n) is 2.57. The summed E-state index contributed by atoms with van der Waals surface area (Å²) in [6.45, 7) is 0.295. The van der Waals surface area contributed by atoms with Crippen molar-refractivity contribution in [3.8, 4) is 16.9 Å². The minimum absolute atomic E-state index is 0.220. The minimum atomic E-state index is 0.220. The normalized spacial score (nSPS) is 10.5. The van der Waals surface area contributed by atoms with Gasteiger partial charge in [-0.15, -0.1) is 0 Å². The van der Waals surface area contributed by atoms with Gasteiger partial charge in [0, 0.05) is 22.7 Å². The van der Waals surface area contributed by atoms with Crippen molar-refractivity contribution in [3.63, 3.8) is 0 Å². The van der Waals surface area contributed by atoms with Crippen LogP contribution in [0.25, 0.3) is 11.1 Å². The number of phenols is 1. The lowest BCUT2D eigenvalue weighted by Crippen LogP contribution is -1.99. The van der Waals surface area contributed by atoms with Gasteiger partial charge in [-0.1, -0.05) is 41.4 Å². The number of aromatic hydroxyl groups is 1. The molecule has 0 heterocycles. The van der Waals surface area contributed by atoms with Crippen LogP contribution >= 0.6 is 23.2 Å². The third-order valence-corrected chi connectivity index (χ3v) is 3.35. The van der Waals surface area contributed by atoms with Crippen LogP contribution in [0, 0.1) is 0 Å². The Kier molecular flexibility index (Phi) is 3.57. The van der Waals surface area contributed by atoms with Crippen LogP contribution in [0.5, 0.6) is 5.75 Å². The molecule has 0 fully saturated rings. The van der Waals surface area contributed by atoms with Crippen molar-refractivity contribution < 1.29 is 5.11 Å². The van der Waals surface area contributed by atoms with Crippen LogP contribution in [-0.2, 0) is 6.54 Å². The molecule has 0 unspecified atom stereocenters. The Morgan fingerprint density at radius 1 is 1.00 bits per heavy atom. The number of benzene rings is 2. The van der Waals surface area contributed by atoms with Gasteiger partial charge in [0.15, 0.2) is 0 Å². The predicted octanol–water partition coefficient (Wildman–Crippen LogP) is 3.82. The smallest absolute Gasteiger partial charge is 0.115 e. The van der Waals surface area contributed by atoms with E-state index in [1.165, 1.54) is 0 Å². The van der Waals surface area contributed by atoms with Gasteiger partial charge >= 0.3 is 0 Å². The van der Waals surface area contributed by atoms with Gasteiger partial charge in [0.1, 0.15) is 5.75 Å². The van der Waals surface area contributed by atoms with Crippen molar-refractivity contribution in [2.75, 3.05) is 0 Å². The van der Waals surface area contributed by atoms with E-state index in [1.807, 2.05) is 6.07 Å². The molecule has 0 saturated carbocycles. The molecule has 0 aliphatic rings. The van der Waals surface area contributed by atoms with Crippen molar-refractivity contribution in [2.45, 2.75) is 6.54 Å². The average Bonchev–Trinajstić information content (AvgIpc) is 2.31. The Morgan fingerprint density at radius 3 is 2.24 bits per heavy atom. The van der Waals surface area contributed by atoms with Crippen LogP contribution in [0.2, 0.25) is 10.0 Å². The number of hydrogen-bond donors (Lipinski definition) is 2. The average molecular weight is 268 g/mol. The van der Waals surface area contributed by atoms with Gasteiger partial charge in [-0.25, -0.2) is 0 Å². The molecule has 0 spiro atoms. The SMILES string of the molecule is NCc1c(Cl)ccc(-c2ccc(O)cc2)c1Cl. The second-order valence-electron chi connectivity index (χ2n) is 3.64. The van der Waals surface area contributed by atoms with Gasteiger partial charge < -0.3 is 10.8 Å². The molecule has 0 atom stereocenters. The van der Waals surface area contributed by atoms with Crippen molar-refractivity contribution in [2.24, 2.45) is 5.73 Å². The maximum absolute atomic E-state index is 9.24. The van der Waals surface area contributed by atoms with Gasteiger partial charge in [-0.05, 0) is 23.8 Å². The van der Waals surface area contributed by atoms with Crippen LogP contribution in [0.3, 0.4) is 0 Å². The molecule has 0 aliphatic heterocycles. The van der Waals surface area contributed by atoms with E-state index in [4.69, 9.17) is 28.9 Å². The summed E-state index contributed by atoms with van der Waals surface area (Å²) >= 11 is 12.3. The lowest BCUT2D eigenvalue weighted by molar-refractivity contribution is 0.475. The summed E-state index contributed by atoms with van der Waals surface area (Å²) in [5, 5.41) is 10.4. The fraction of sp³-hybridized carbons (Fsp3) is 0.0769. The molecule has 0 bridgehead atoms. The molecular weight excluding hydrogens is 257 g/mol. The molecule has 0 amide bonds. The van der Waals surface area contributed by atoms with Gasteiger partial charge in [-0.2, -0.15) is 0 Å². The lowest BCUT2D eigenvalue weighted by Gasteiger charge is -2.10. The van der Waals surface area contributed by atoms with E-state index in [2.05, 4.69) is 0 Å². The summed E-state index contributed by atoms with van der Waals surface area (Å²) in [6, 6.07) is 10.4. The lowest BCUT2D eigenvalue weighted by atomic mass is 10.0. The molecule has 17 heavy (non-hydrogen) atoms. The summed E-state index contributed by atoms with van der Waals surface area (Å²) in [4.78, 5) is 0. The maximum Gasteiger partial charge on any atom is 0.115 e. The first-order chi connectivity index (χ1) is 8.13. The fourth-order valence-corrected chi connectivity index (χ4v) is 2.28. The monoisotopic (exact) mass is 267 g/mol.